The van der Waals surface area contributed by atoms with Gasteiger partial charge in [-0.3, -0.25) is 4.40 Å². The van der Waals surface area contributed by atoms with Crippen LogP contribution in [0.3, 0.4) is 0 Å². The minimum Gasteiger partial charge on any atom is -0.493 e. The minimum absolute atomic E-state index is 0.0699. The minimum atomic E-state index is 0.0699. The first-order chi connectivity index (χ1) is 11.2. The summed E-state index contributed by atoms with van der Waals surface area (Å²) in [5.74, 6) is 2.35. The molecule has 0 amide bonds. The lowest BCUT2D eigenvalue weighted by atomic mass is 10.2. The first-order valence-electron chi connectivity index (χ1n) is 7.47. The van der Waals surface area contributed by atoms with Gasteiger partial charge in [0.2, 0.25) is 0 Å². The van der Waals surface area contributed by atoms with E-state index >= 15 is 0 Å². The molecule has 1 N–H and O–H groups in total. The van der Waals surface area contributed by atoms with Crippen LogP contribution in [0.25, 0.3) is 5.65 Å². The van der Waals surface area contributed by atoms with E-state index in [1.165, 1.54) is 0 Å². The van der Waals surface area contributed by atoms with E-state index in [2.05, 4.69) is 22.4 Å². The van der Waals surface area contributed by atoms with E-state index in [-0.39, 0.29) is 6.04 Å². The average molecular weight is 312 g/mol. The molecule has 0 spiro atoms. The number of ether oxygens (including phenoxy) is 2. The highest BCUT2D eigenvalue weighted by atomic mass is 16.5. The number of nitrogens with zero attached hydrogens (tertiary/aromatic N) is 3. The summed E-state index contributed by atoms with van der Waals surface area (Å²) in [5, 5.41) is 11.9. The molecule has 23 heavy (non-hydrogen) atoms. The molecule has 0 aliphatic heterocycles. The molecular weight excluding hydrogens is 292 g/mol. The van der Waals surface area contributed by atoms with Crippen LogP contribution in [0.4, 0.5) is 0 Å². The summed E-state index contributed by atoms with van der Waals surface area (Å²) >= 11 is 0. The smallest absolute Gasteiger partial charge is 0.161 e. The van der Waals surface area contributed by atoms with Crippen LogP contribution in [0.1, 0.15) is 24.4 Å². The first kappa shape index (κ1) is 15.3. The van der Waals surface area contributed by atoms with E-state index in [0.717, 1.165) is 28.5 Å². The molecule has 0 saturated heterocycles. The van der Waals surface area contributed by atoms with E-state index in [1.807, 2.05) is 47.0 Å². The largest absolute Gasteiger partial charge is 0.493 e. The number of hydrogen-bond donors (Lipinski definition) is 1. The molecule has 2 aromatic heterocycles. The van der Waals surface area contributed by atoms with Crippen molar-refractivity contribution >= 4 is 5.65 Å². The third kappa shape index (κ3) is 3.12. The summed E-state index contributed by atoms with van der Waals surface area (Å²) in [5.41, 5.74) is 1.96. The normalized spacial score (nSPS) is 12.3. The van der Waals surface area contributed by atoms with Gasteiger partial charge in [-0.1, -0.05) is 12.1 Å². The molecule has 1 aromatic carbocycles. The number of pyridine rings is 1. The van der Waals surface area contributed by atoms with Crippen molar-refractivity contribution in [1.29, 1.82) is 0 Å². The Kier molecular flexibility index (Phi) is 4.43. The van der Waals surface area contributed by atoms with E-state index in [1.54, 1.807) is 14.2 Å². The number of fused-ring (bicyclic) bond motifs is 1. The summed E-state index contributed by atoms with van der Waals surface area (Å²) in [6.07, 6.45) is 1.97. The Bertz CT molecular complexity index is 800. The van der Waals surface area contributed by atoms with E-state index < -0.39 is 0 Å². The molecule has 0 radical (unpaired) electrons. The van der Waals surface area contributed by atoms with Crippen molar-refractivity contribution in [2.45, 2.75) is 19.5 Å². The molecular formula is C17H20N4O2. The quantitative estimate of drug-likeness (QED) is 0.758. The van der Waals surface area contributed by atoms with Crippen molar-refractivity contribution in [2.24, 2.45) is 0 Å². The summed E-state index contributed by atoms with van der Waals surface area (Å²) in [7, 11) is 3.27. The third-order valence-corrected chi connectivity index (χ3v) is 3.79. The molecule has 0 aliphatic rings. The van der Waals surface area contributed by atoms with Gasteiger partial charge in [0.15, 0.2) is 23.0 Å². The number of benzene rings is 1. The molecule has 3 rings (SSSR count). The molecule has 2 heterocycles. The first-order valence-corrected chi connectivity index (χ1v) is 7.47. The second kappa shape index (κ2) is 6.66. The van der Waals surface area contributed by atoms with Crippen LogP contribution in [0.5, 0.6) is 11.5 Å². The lowest BCUT2D eigenvalue weighted by molar-refractivity contribution is 0.354. The van der Waals surface area contributed by atoms with Crippen LogP contribution in [0, 0.1) is 0 Å². The Labute approximate surface area is 135 Å². The zero-order chi connectivity index (χ0) is 16.2. The highest BCUT2D eigenvalue weighted by Gasteiger charge is 2.13. The van der Waals surface area contributed by atoms with Gasteiger partial charge in [0.05, 0.1) is 20.3 Å². The summed E-state index contributed by atoms with van der Waals surface area (Å²) < 4.78 is 12.6. The monoisotopic (exact) mass is 312 g/mol. The van der Waals surface area contributed by atoms with E-state index in [4.69, 9.17) is 9.47 Å². The Morgan fingerprint density at radius 1 is 1.09 bits per heavy atom. The summed E-state index contributed by atoms with van der Waals surface area (Å²) in [4.78, 5) is 0. The highest BCUT2D eigenvalue weighted by Crippen LogP contribution is 2.27. The van der Waals surface area contributed by atoms with Crippen LogP contribution in [0.15, 0.2) is 42.6 Å². The van der Waals surface area contributed by atoms with Gasteiger partial charge >= 0.3 is 0 Å². The number of methoxy groups -OCH3 is 2. The maximum Gasteiger partial charge on any atom is 0.161 e. The fourth-order valence-electron chi connectivity index (χ4n) is 2.51. The highest BCUT2D eigenvalue weighted by molar-refractivity contribution is 5.43. The number of nitrogens with one attached hydrogen (secondary N) is 1. The average Bonchev–Trinajstić information content (AvgIpc) is 3.03. The predicted molar refractivity (Wildman–Crippen MR) is 87.8 cm³/mol. The van der Waals surface area contributed by atoms with Crippen LogP contribution >= 0.6 is 0 Å². The molecule has 1 atom stereocenters. The fraction of sp³-hybridized carbons (Fsp3) is 0.294. The molecule has 6 nitrogen and oxygen atoms in total. The number of hydrogen-bond acceptors (Lipinski definition) is 5. The van der Waals surface area contributed by atoms with Gasteiger partial charge in [-0.25, -0.2) is 0 Å². The molecule has 0 aliphatic carbocycles. The maximum absolute atomic E-state index is 5.33. The molecule has 3 aromatic rings. The standard InChI is InChI=1S/C17H20N4O2/c1-12(17-20-19-16-6-4-5-9-21(16)17)18-11-13-7-8-14(22-2)15(10-13)23-3/h4-10,12,18H,11H2,1-3H3/t12-/m0/s1. The molecule has 0 fully saturated rings. The number of aromatic nitrogens is 3. The Morgan fingerprint density at radius 2 is 1.91 bits per heavy atom. The van der Waals surface area contributed by atoms with Crippen molar-refractivity contribution in [3.63, 3.8) is 0 Å². The van der Waals surface area contributed by atoms with Crippen molar-refractivity contribution in [3.8, 4) is 11.5 Å². The molecule has 0 bridgehead atoms. The van der Waals surface area contributed by atoms with Crippen molar-refractivity contribution in [3.05, 3.63) is 54.0 Å². The second-order valence-corrected chi connectivity index (χ2v) is 5.28. The molecule has 6 heteroatoms. The van der Waals surface area contributed by atoms with Crippen molar-refractivity contribution < 1.29 is 9.47 Å². The lowest BCUT2D eigenvalue weighted by Gasteiger charge is -2.14. The predicted octanol–water partition coefficient (Wildman–Crippen LogP) is 2.60. The summed E-state index contributed by atoms with van der Waals surface area (Å²) in [6, 6.07) is 11.8. The van der Waals surface area contributed by atoms with Crippen LogP contribution in [-0.2, 0) is 6.54 Å². The lowest BCUT2D eigenvalue weighted by Crippen LogP contribution is -2.20. The van der Waals surface area contributed by atoms with Gasteiger partial charge in [-0.2, -0.15) is 0 Å². The number of rotatable bonds is 6. The van der Waals surface area contributed by atoms with Gasteiger partial charge in [-0.05, 0) is 36.8 Å². The van der Waals surface area contributed by atoms with Gasteiger partial charge < -0.3 is 14.8 Å². The fourth-order valence-corrected chi connectivity index (χ4v) is 2.51. The Morgan fingerprint density at radius 3 is 2.70 bits per heavy atom. The van der Waals surface area contributed by atoms with Gasteiger partial charge in [0.1, 0.15) is 0 Å². The Hall–Kier alpha value is -2.60. The zero-order valence-electron chi connectivity index (χ0n) is 13.5. The van der Waals surface area contributed by atoms with Crippen molar-refractivity contribution in [1.82, 2.24) is 19.9 Å². The van der Waals surface area contributed by atoms with Gasteiger partial charge in [0, 0.05) is 12.7 Å². The second-order valence-electron chi connectivity index (χ2n) is 5.28. The zero-order valence-corrected chi connectivity index (χ0v) is 13.5. The molecule has 0 saturated carbocycles. The van der Waals surface area contributed by atoms with Crippen LogP contribution in [-0.4, -0.2) is 28.8 Å². The van der Waals surface area contributed by atoms with Gasteiger partial charge in [0.25, 0.3) is 0 Å². The SMILES string of the molecule is COc1ccc(CN[C@@H](C)c2nnc3ccccn23)cc1OC. The summed E-state index contributed by atoms with van der Waals surface area (Å²) in [6.45, 7) is 2.77. The van der Waals surface area contributed by atoms with E-state index in [9.17, 15) is 0 Å². The Balaban J connectivity index is 1.73. The topological polar surface area (TPSA) is 60.7 Å². The third-order valence-electron chi connectivity index (χ3n) is 3.79. The molecule has 120 valence electrons. The van der Waals surface area contributed by atoms with E-state index in [0.29, 0.717) is 6.54 Å². The van der Waals surface area contributed by atoms with Crippen LogP contribution < -0.4 is 14.8 Å². The maximum atomic E-state index is 5.33. The van der Waals surface area contributed by atoms with Crippen molar-refractivity contribution in [2.75, 3.05) is 14.2 Å². The van der Waals surface area contributed by atoms with Crippen LogP contribution in [0.2, 0.25) is 0 Å². The van der Waals surface area contributed by atoms with Gasteiger partial charge in [-0.15, -0.1) is 10.2 Å². The molecule has 0 unspecified atom stereocenters.